The molecule has 0 fully saturated rings. The number of hydrogen-bond donors (Lipinski definition) is 1. The lowest BCUT2D eigenvalue weighted by atomic mass is 9.92. The highest BCUT2D eigenvalue weighted by Gasteiger charge is 2.42. The number of carbonyl (C=O) groups excluding carboxylic acids is 2. The highest BCUT2D eigenvalue weighted by atomic mass is 16.3. The molecule has 1 aliphatic heterocycles. The number of amides is 1. The Kier molecular flexibility index (Phi) is 7.45. The van der Waals surface area contributed by atoms with Crippen LogP contribution in [0.25, 0.3) is 0 Å². The monoisotopic (exact) mass is 405 g/mol. The van der Waals surface area contributed by atoms with Crippen molar-refractivity contribution in [3.63, 3.8) is 0 Å². The molecule has 30 heavy (non-hydrogen) atoms. The van der Waals surface area contributed by atoms with Gasteiger partial charge in [0.05, 0.1) is 11.6 Å². The van der Waals surface area contributed by atoms with Crippen LogP contribution < -0.4 is 0 Å². The molecule has 0 saturated heterocycles. The Labute approximate surface area is 179 Å². The molecule has 2 aromatic rings. The molecular weight excluding hydrogens is 374 g/mol. The van der Waals surface area contributed by atoms with Crippen molar-refractivity contribution in [2.45, 2.75) is 58.4 Å². The van der Waals surface area contributed by atoms with Gasteiger partial charge in [0.1, 0.15) is 0 Å². The number of aliphatic hydroxyl groups is 1. The number of Topliss-reactive ketones (excluding diaryl/α,β-unsaturated/α-hetero) is 1. The fourth-order valence-electron chi connectivity index (χ4n) is 4.02. The highest BCUT2D eigenvalue weighted by Crippen LogP contribution is 2.38. The molecule has 1 heterocycles. The van der Waals surface area contributed by atoms with Gasteiger partial charge in [-0.25, -0.2) is 0 Å². The van der Waals surface area contributed by atoms with Gasteiger partial charge < -0.3 is 10.0 Å². The van der Waals surface area contributed by atoms with E-state index in [1.54, 1.807) is 4.90 Å². The maximum Gasteiger partial charge on any atom is 0.290 e. The van der Waals surface area contributed by atoms with Gasteiger partial charge in [-0.05, 0) is 36.0 Å². The molecule has 0 saturated carbocycles. The van der Waals surface area contributed by atoms with Crippen LogP contribution in [0.3, 0.4) is 0 Å². The molecule has 0 bridgehead atoms. The third-order valence-corrected chi connectivity index (χ3v) is 5.79. The number of unbranched alkanes of at least 4 members (excludes halogenated alkanes) is 2. The van der Waals surface area contributed by atoms with Crippen LogP contribution in [-0.4, -0.2) is 28.2 Å². The van der Waals surface area contributed by atoms with Crippen molar-refractivity contribution in [1.29, 1.82) is 0 Å². The molecule has 0 spiro atoms. The van der Waals surface area contributed by atoms with Gasteiger partial charge >= 0.3 is 0 Å². The summed E-state index contributed by atoms with van der Waals surface area (Å²) in [6, 6.07) is 17.3. The highest BCUT2D eigenvalue weighted by molar-refractivity contribution is 6.09. The first-order chi connectivity index (χ1) is 14.6. The molecule has 1 atom stereocenters. The lowest BCUT2D eigenvalue weighted by molar-refractivity contribution is -0.129. The Bertz CT molecular complexity index is 900. The van der Waals surface area contributed by atoms with Gasteiger partial charge in [0, 0.05) is 13.0 Å². The summed E-state index contributed by atoms with van der Waals surface area (Å²) in [6.45, 7) is 4.74. The lowest BCUT2D eigenvalue weighted by Crippen LogP contribution is -2.32. The number of carbonyl (C=O) groups is 2. The van der Waals surface area contributed by atoms with Gasteiger partial charge in [-0.3, -0.25) is 9.59 Å². The van der Waals surface area contributed by atoms with E-state index in [1.165, 1.54) is 5.56 Å². The molecule has 4 heteroatoms. The normalized spacial score (nSPS) is 16.4. The van der Waals surface area contributed by atoms with Crippen LogP contribution in [0.2, 0.25) is 0 Å². The Morgan fingerprint density at radius 2 is 1.67 bits per heavy atom. The fraction of sp³-hybridized carbons (Fsp3) is 0.385. The van der Waals surface area contributed by atoms with E-state index in [2.05, 4.69) is 13.8 Å². The minimum Gasteiger partial charge on any atom is -0.503 e. The van der Waals surface area contributed by atoms with E-state index in [0.717, 1.165) is 36.8 Å². The molecule has 2 aromatic carbocycles. The second kappa shape index (κ2) is 10.2. The molecule has 0 aromatic heterocycles. The second-order valence-electron chi connectivity index (χ2n) is 7.87. The predicted octanol–water partition coefficient (Wildman–Crippen LogP) is 5.34. The standard InChI is InChI=1S/C26H31NO3/c1-3-5-9-18-27-24(21-15-12-19(4-2)13-16-21)23(25(29)26(27)30)22(28)17-14-20-10-7-6-8-11-20/h6-8,10-13,15-16,24,29H,3-5,9,14,17-18H2,1-2H3. The summed E-state index contributed by atoms with van der Waals surface area (Å²) < 4.78 is 0. The van der Waals surface area contributed by atoms with Gasteiger partial charge in [-0.2, -0.15) is 0 Å². The molecule has 1 unspecified atom stereocenters. The minimum atomic E-state index is -0.511. The number of nitrogens with zero attached hydrogens (tertiary/aromatic N) is 1. The summed E-state index contributed by atoms with van der Waals surface area (Å²) in [6.07, 6.45) is 4.67. The zero-order chi connectivity index (χ0) is 21.5. The fourth-order valence-corrected chi connectivity index (χ4v) is 4.02. The Balaban J connectivity index is 1.88. The summed E-state index contributed by atoms with van der Waals surface area (Å²) >= 11 is 0. The summed E-state index contributed by atoms with van der Waals surface area (Å²) in [5, 5.41) is 10.7. The van der Waals surface area contributed by atoms with Crippen LogP contribution in [0, 0.1) is 0 Å². The van der Waals surface area contributed by atoms with Crippen LogP contribution in [0.15, 0.2) is 65.9 Å². The molecule has 1 amide bonds. The van der Waals surface area contributed by atoms with E-state index in [1.807, 2.05) is 54.6 Å². The number of benzene rings is 2. The summed E-state index contributed by atoms with van der Waals surface area (Å²) in [5.74, 6) is -0.972. The van der Waals surface area contributed by atoms with Gasteiger partial charge in [0.25, 0.3) is 5.91 Å². The summed E-state index contributed by atoms with van der Waals surface area (Å²) in [4.78, 5) is 27.7. The second-order valence-corrected chi connectivity index (χ2v) is 7.87. The molecule has 1 N–H and O–H groups in total. The van der Waals surface area contributed by atoms with Crippen LogP contribution >= 0.6 is 0 Å². The summed E-state index contributed by atoms with van der Waals surface area (Å²) in [5.41, 5.74) is 3.39. The molecule has 158 valence electrons. The van der Waals surface area contributed by atoms with Gasteiger partial charge in [0.2, 0.25) is 0 Å². The van der Waals surface area contributed by atoms with Crippen molar-refractivity contribution in [3.8, 4) is 0 Å². The van der Waals surface area contributed by atoms with E-state index < -0.39 is 11.9 Å². The minimum absolute atomic E-state index is 0.160. The maximum atomic E-state index is 13.2. The van der Waals surface area contributed by atoms with Crippen LogP contribution in [0.4, 0.5) is 0 Å². The smallest absolute Gasteiger partial charge is 0.290 e. The van der Waals surface area contributed by atoms with Crippen molar-refractivity contribution < 1.29 is 14.7 Å². The topological polar surface area (TPSA) is 57.6 Å². The van der Waals surface area contributed by atoms with E-state index in [4.69, 9.17) is 0 Å². The SMILES string of the molecule is CCCCCN1C(=O)C(O)=C(C(=O)CCc2ccccc2)C1c1ccc(CC)cc1. The molecule has 0 radical (unpaired) electrons. The first-order valence-corrected chi connectivity index (χ1v) is 11.0. The van der Waals surface area contributed by atoms with Crippen molar-refractivity contribution in [2.75, 3.05) is 6.54 Å². The number of hydrogen-bond acceptors (Lipinski definition) is 3. The van der Waals surface area contributed by atoms with E-state index in [0.29, 0.717) is 13.0 Å². The number of aliphatic hydroxyl groups excluding tert-OH is 1. The quantitative estimate of drug-likeness (QED) is 0.543. The van der Waals surface area contributed by atoms with Gasteiger partial charge in [0.15, 0.2) is 11.5 Å². The Morgan fingerprint density at radius 1 is 0.967 bits per heavy atom. The Morgan fingerprint density at radius 3 is 2.30 bits per heavy atom. The molecular formula is C26H31NO3. The third-order valence-electron chi connectivity index (χ3n) is 5.79. The first kappa shape index (κ1) is 21.8. The van der Waals surface area contributed by atoms with Gasteiger partial charge in [-0.15, -0.1) is 0 Å². The average Bonchev–Trinajstić information content (AvgIpc) is 3.03. The maximum absolute atomic E-state index is 13.2. The van der Waals surface area contributed by atoms with Crippen molar-refractivity contribution in [3.05, 3.63) is 82.6 Å². The summed E-state index contributed by atoms with van der Waals surface area (Å²) in [7, 11) is 0. The van der Waals surface area contributed by atoms with Crippen LogP contribution in [0.1, 0.15) is 62.3 Å². The van der Waals surface area contributed by atoms with E-state index in [9.17, 15) is 14.7 Å². The van der Waals surface area contributed by atoms with Crippen molar-refractivity contribution in [2.24, 2.45) is 0 Å². The number of rotatable bonds is 10. The van der Waals surface area contributed by atoms with Crippen LogP contribution in [0.5, 0.6) is 0 Å². The number of ketones is 1. The largest absolute Gasteiger partial charge is 0.503 e. The molecule has 4 nitrogen and oxygen atoms in total. The van der Waals surface area contributed by atoms with Gasteiger partial charge in [-0.1, -0.05) is 81.3 Å². The van der Waals surface area contributed by atoms with Crippen molar-refractivity contribution in [1.82, 2.24) is 4.90 Å². The third kappa shape index (κ3) is 4.81. The van der Waals surface area contributed by atoms with E-state index in [-0.39, 0.29) is 23.5 Å². The van der Waals surface area contributed by atoms with E-state index >= 15 is 0 Å². The molecule has 0 aliphatic carbocycles. The van der Waals surface area contributed by atoms with Crippen LogP contribution in [-0.2, 0) is 22.4 Å². The Hall–Kier alpha value is -2.88. The first-order valence-electron chi connectivity index (χ1n) is 11.0. The molecule has 1 aliphatic rings. The van der Waals surface area contributed by atoms with Crippen molar-refractivity contribution >= 4 is 11.7 Å². The predicted molar refractivity (Wildman–Crippen MR) is 119 cm³/mol. The lowest BCUT2D eigenvalue weighted by Gasteiger charge is -2.27. The zero-order valence-electron chi connectivity index (χ0n) is 17.9. The number of aryl methyl sites for hydroxylation is 2. The zero-order valence-corrected chi connectivity index (χ0v) is 17.9. The molecule has 3 rings (SSSR count). The average molecular weight is 406 g/mol.